The second-order valence-electron chi connectivity index (χ2n) is 4.87. The molecule has 0 aliphatic heterocycles. The van der Waals surface area contributed by atoms with Crippen LogP contribution in [0.25, 0.3) is 0 Å². The van der Waals surface area contributed by atoms with Crippen molar-refractivity contribution < 1.29 is 14.3 Å². The lowest BCUT2D eigenvalue weighted by molar-refractivity contribution is 0.0857. The molecule has 4 nitrogen and oxygen atoms in total. The fraction of sp³-hybridized carbons (Fsp3) is 0.267. The van der Waals surface area contributed by atoms with Crippen LogP contribution >= 0.6 is 0 Å². The Kier molecular flexibility index (Phi) is 2.87. The standard InChI is InChI=1S/C15H15NO3/c1-9-6-11(8-19-9)15(18)16-14-12-5-3-2-4-10(12)7-13(14)17/h2-6,8,13-14,17H,7H2,1H3,(H,16,18)/t13-,14+/m1/s1. The number of amides is 1. The highest BCUT2D eigenvalue weighted by Gasteiger charge is 2.32. The summed E-state index contributed by atoms with van der Waals surface area (Å²) in [6.45, 7) is 1.79. The molecular weight excluding hydrogens is 242 g/mol. The van der Waals surface area contributed by atoms with Gasteiger partial charge in [0.1, 0.15) is 12.0 Å². The maximum Gasteiger partial charge on any atom is 0.255 e. The minimum atomic E-state index is -0.575. The van der Waals surface area contributed by atoms with Crippen molar-refractivity contribution in [2.75, 3.05) is 0 Å². The summed E-state index contributed by atoms with van der Waals surface area (Å²) in [5, 5.41) is 12.9. The van der Waals surface area contributed by atoms with E-state index < -0.39 is 6.10 Å². The number of rotatable bonds is 2. The van der Waals surface area contributed by atoms with Crippen LogP contribution in [-0.4, -0.2) is 17.1 Å². The zero-order valence-electron chi connectivity index (χ0n) is 10.6. The summed E-state index contributed by atoms with van der Waals surface area (Å²) in [7, 11) is 0. The monoisotopic (exact) mass is 257 g/mol. The average Bonchev–Trinajstić information content (AvgIpc) is 2.95. The van der Waals surface area contributed by atoms with Crippen molar-refractivity contribution in [3.8, 4) is 0 Å². The molecule has 0 bridgehead atoms. The lowest BCUT2D eigenvalue weighted by Crippen LogP contribution is -2.33. The molecule has 0 fully saturated rings. The number of fused-ring (bicyclic) bond motifs is 1. The molecule has 1 aliphatic rings. The summed E-state index contributed by atoms with van der Waals surface area (Å²) in [6, 6.07) is 9.11. The van der Waals surface area contributed by atoms with Crippen LogP contribution in [0.4, 0.5) is 0 Å². The quantitative estimate of drug-likeness (QED) is 0.864. The van der Waals surface area contributed by atoms with E-state index in [0.717, 1.165) is 11.1 Å². The molecule has 1 aromatic carbocycles. The zero-order chi connectivity index (χ0) is 13.4. The highest BCUT2D eigenvalue weighted by molar-refractivity contribution is 5.94. The van der Waals surface area contributed by atoms with Gasteiger partial charge in [0.2, 0.25) is 0 Å². The Morgan fingerprint density at radius 2 is 2.21 bits per heavy atom. The van der Waals surface area contributed by atoms with Gasteiger partial charge < -0.3 is 14.8 Å². The third kappa shape index (κ3) is 2.15. The third-order valence-electron chi connectivity index (χ3n) is 3.48. The Morgan fingerprint density at radius 3 is 2.95 bits per heavy atom. The number of aryl methyl sites for hydroxylation is 1. The highest BCUT2D eigenvalue weighted by Crippen LogP contribution is 2.31. The lowest BCUT2D eigenvalue weighted by atomic mass is 10.1. The van der Waals surface area contributed by atoms with Crippen LogP contribution in [0.1, 0.15) is 33.3 Å². The second kappa shape index (κ2) is 4.55. The van der Waals surface area contributed by atoms with E-state index in [0.29, 0.717) is 17.7 Å². The molecule has 1 heterocycles. The first kappa shape index (κ1) is 12.0. The number of nitrogens with one attached hydrogen (secondary N) is 1. The SMILES string of the molecule is Cc1cc(C(=O)N[C@H]2c3ccccc3C[C@H]2O)co1. The Balaban J connectivity index is 1.82. The van der Waals surface area contributed by atoms with Gasteiger partial charge in [0.25, 0.3) is 5.91 Å². The summed E-state index contributed by atoms with van der Waals surface area (Å²) in [5.41, 5.74) is 2.56. The molecule has 98 valence electrons. The molecule has 0 saturated carbocycles. The number of carbonyl (C=O) groups excluding carboxylic acids is 1. The van der Waals surface area contributed by atoms with E-state index >= 15 is 0 Å². The van der Waals surface area contributed by atoms with Crippen molar-refractivity contribution in [2.24, 2.45) is 0 Å². The Hall–Kier alpha value is -2.07. The predicted molar refractivity (Wildman–Crippen MR) is 69.8 cm³/mol. The Bertz CT molecular complexity index is 617. The molecule has 1 aromatic heterocycles. The van der Waals surface area contributed by atoms with E-state index in [-0.39, 0.29) is 11.9 Å². The minimum absolute atomic E-state index is 0.224. The van der Waals surface area contributed by atoms with Gasteiger partial charge in [0.05, 0.1) is 17.7 Å². The van der Waals surface area contributed by atoms with Crippen molar-refractivity contribution in [3.05, 3.63) is 59.0 Å². The first-order chi connectivity index (χ1) is 9.15. The molecule has 1 aliphatic carbocycles. The van der Waals surface area contributed by atoms with Crippen LogP contribution in [0.3, 0.4) is 0 Å². The zero-order valence-corrected chi connectivity index (χ0v) is 10.6. The van der Waals surface area contributed by atoms with Crippen molar-refractivity contribution in [3.63, 3.8) is 0 Å². The van der Waals surface area contributed by atoms with Gasteiger partial charge in [-0.15, -0.1) is 0 Å². The van der Waals surface area contributed by atoms with Crippen LogP contribution in [0.15, 0.2) is 41.0 Å². The molecule has 0 saturated heterocycles. The molecular formula is C15H15NO3. The van der Waals surface area contributed by atoms with Gasteiger partial charge in [-0.3, -0.25) is 4.79 Å². The van der Waals surface area contributed by atoms with Crippen molar-refractivity contribution in [1.29, 1.82) is 0 Å². The summed E-state index contributed by atoms with van der Waals surface area (Å²) < 4.78 is 5.12. The number of hydrogen-bond acceptors (Lipinski definition) is 3. The maximum atomic E-state index is 12.1. The largest absolute Gasteiger partial charge is 0.469 e. The third-order valence-corrected chi connectivity index (χ3v) is 3.48. The molecule has 0 spiro atoms. The van der Waals surface area contributed by atoms with Crippen molar-refractivity contribution >= 4 is 5.91 Å². The van der Waals surface area contributed by atoms with Gasteiger partial charge in [0.15, 0.2) is 0 Å². The summed E-state index contributed by atoms with van der Waals surface area (Å²) in [6.07, 6.45) is 1.43. The molecule has 3 rings (SSSR count). The number of furan rings is 1. The highest BCUT2D eigenvalue weighted by atomic mass is 16.3. The first-order valence-electron chi connectivity index (χ1n) is 6.27. The van der Waals surface area contributed by atoms with Crippen LogP contribution in [0.2, 0.25) is 0 Å². The number of carbonyl (C=O) groups is 1. The predicted octanol–water partition coefficient (Wildman–Crippen LogP) is 1.98. The lowest BCUT2D eigenvalue weighted by Gasteiger charge is -2.17. The van der Waals surface area contributed by atoms with Gasteiger partial charge in [-0.2, -0.15) is 0 Å². The smallest absolute Gasteiger partial charge is 0.255 e. The van der Waals surface area contributed by atoms with Crippen LogP contribution in [-0.2, 0) is 6.42 Å². The fourth-order valence-corrected chi connectivity index (χ4v) is 2.53. The molecule has 2 atom stereocenters. The van der Waals surface area contributed by atoms with E-state index in [1.807, 2.05) is 24.3 Å². The molecule has 0 unspecified atom stereocenters. The van der Waals surface area contributed by atoms with Gasteiger partial charge in [-0.25, -0.2) is 0 Å². The van der Waals surface area contributed by atoms with Crippen molar-refractivity contribution in [2.45, 2.75) is 25.5 Å². The van der Waals surface area contributed by atoms with Crippen LogP contribution in [0.5, 0.6) is 0 Å². The first-order valence-corrected chi connectivity index (χ1v) is 6.27. The number of aliphatic hydroxyl groups is 1. The number of hydrogen-bond donors (Lipinski definition) is 2. The van der Waals surface area contributed by atoms with E-state index in [1.54, 1.807) is 13.0 Å². The fourth-order valence-electron chi connectivity index (χ4n) is 2.53. The van der Waals surface area contributed by atoms with Crippen molar-refractivity contribution in [1.82, 2.24) is 5.32 Å². The summed E-state index contributed by atoms with van der Waals surface area (Å²) in [4.78, 5) is 12.1. The second-order valence-corrected chi connectivity index (χ2v) is 4.87. The van der Waals surface area contributed by atoms with E-state index in [4.69, 9.17) is 4.42 Å². The van der Waals surface area contributed by atoms with Crippen LogP contribution < -0.4 is 5.32 Å². The molecule has 2 N–H and O–H groups in total. The molecule has 19 heavy (non-hydrogen) atoms. The average molecular weight is 257 g/mol. The number of aliphatic hydroxyl groups excluding tert-OH is 1. The molecule has 2 aromatic rings. The number of benzene rings is 1. The van der Waals surface area contributed by atoms with E-state index in [1.165, 1.54) is 6.26 Å². The summed E-state index contributed by atoms with van der Waals surface area (Å²) >= 11 is 0. The molecule has 0 radical (unpaired) electrons. The maximum absolute atomic E-state index is 12.1. The Morgan fingerprint density at radius 1 is 1.42 bits per heavy atom. The normalized spacial score (nSPS) is 21.2. The van der Waals surface area contributed by atoms with Gasteiger partial charge >= 0.3 is 0 Å². The minimum Gasteiger partial charge on any atom is -0.469 e. The molecule has 4 heteroatoms. The van der Waals surface area contributed by atoms with Crippen LogP contribution in [0, 0.1) is 6.92 Å². The summed E-state index contributed by atoms with van der Waals surface area (Å²) in [5.74, 6) is 0.468. The molecule has 1 amide bonds. The van der Waals surface area contributed by atoms with E-state index in [2.05, 4.69) is 5.32 Å². The van der Waals surface area contributed by atoms with Gasteiger partial charge in [-0.1, -0.05) is 24.3 Å². The topological polar surface area (TPSA) is 62.5 Å². The van der Waals surface area contributed by atoms with Gasteiger partial charge in [0, 0.05) is 6.42 Å². The van der Waals surface area contributed by atoms with Gasteiger partial charge in [-0.05, 0) is 24.1 Å². The Labute approximate surface area is 111 Å². The van der Waals surface area contributed by atoms with E-state index in [9.17, 15) is 9.90 Å².